The van der Waals surface area contributed by atoms with E-state index >= 15 is 0 Å². The maximum atomic E-state index is 13.8. The van der Waals surface area contributed by atoms with E-state index in [1.807, 2.05) is 5.32 Å². The van der Waals surface area contributed by atoms with Gasteiger partial charge in [-0.15, -0.1) is 11.3 Å². The molecule has 0 radical (unpaired) electrons. The quantitative estimate of drug-likeness (QED) is 0.436. The van der Waals surface area contributed by atoms with Gasteiger partial charge in [0.05, 0.1) is 18.0 Å². The van der Waals surface area contributed by atoms with E-state index in [9.17, 15) is 28.2 Å². The molecule has 11 heteroatoms. The Kier molecular flexibility index (Phi) is 5.26. The van der Waals surface area contributed by atoms with Crippen LogP contribution in [0.4, 0.5) is 13.2 Å². The van der Waals surface area contributed by atoms with Gasteiger partial charge in [-0.05, 0) is 41.4 Å². The highest BCUT2D eigenvalue weighted by atomic mass is 32.1. The van der Waals surface area contributed by atoms with Crippen molar-refractivity contribution in [3.63, 3.8) is 0 Å². The summed E-state index contributed by atoms with van der Waals surface area (Å²) in [6.45, 7) is 0. The lowest BCUT2D eigenvalue weighted by Crippen LogP contribution is -2.72. The number of carbonyl (C=O) groups is 1. The topological polar surface area (TPSA) is 90.8 Å². The van der Waals surface area contributed by atoms with Crippen molar-refractivity contribution in [1.82, 2.24) is 10.6 Å². The summed E-state index contributed by atoms with van der Waals surface area (Å²) in [5, 5.41) is 25.9. The fourth-order valence-electron chi connectivity index (χ4n) is 3.08. The predicted octanol–water partition coefficient (Wildman–Crippen LogP) is 2.73. The van der Waals surface area contributed by atoms with Gasteiger partial charge in [0.15, 0.2) is 22.4 Å². The molecule has 1 fully saturated rings. The fourth-order valence-corrected chi connectivity index (χ4v) is 4.06. The summed E-state index contributed by atoms with van der Waals surface area (Å²) in [5.74, 6) is -3.13. The average molecular weight is 432 g/mol. The van der Waals surface area contributed by atoms with Gasteiger partial charge in [0.1, 0.15) is 5.92 Å². The van der Waals surface area contributed by atoms with Gasteiger partial charge in [0.2, 0.25) is 5.72 Å². The number of thiophene rings is 1. The first-order chi connectivity index (χ1) is 13.1. The number of halogens is 3. The van der Waals surface area contributed by atoms with Gasteiger partial charge in [-0.25, -0.2) is 0 Å². The van der Waals surface area contributed by atoms with Crippen LogP contribution in [0.25, 0.3) is 0 Å². The second kappa shape index (κ2) is 7.22. The Hall–Kier alpha value is -2.37. The molecular weight excluding hydrogens is 417 g/mol. The van der Waals surface area contributed by atoms with Crippen LogP contribution in [0.15, 0.2) is 35.7 Å². The van der Waals surface area contributed by atoms with E-state index in [0.717, 1.165) is 11.3 Å². The first-order valence-electron chi connectivity index (χ1n) is 7.91. The zero-order valence-corrected chi connectivity index (χ0v) is 15.9. The summed E-state index contributed by atoms with van der Waals surface area (Å²) in [4.78, 5) is 13.0. The number of alkyl halides is 3. The van der Waals surface area contributed by atoms with E-state index in [1.165, 1.54) is 37.4 Å². The second-order valence-electron chi connectivity index (χ2n) is 6.09. The lowest BCUT2D eigenvalue weighted by Gasteiger charge is -2.46. The highest BCUT2D eigenvalue weighted by Crippen LogP contribution is 2.45. The van der Waals surface area contributed by atoms with Crippen LogP contribution in [0.3, 0.4) is 0 Å². The number of Topliss-reactive ketones (excluding diaryl/α,β-unsaturated/α-hetero) is 1. The number of benzene rings is 1. The third kappa shape index (κ3) is 3.40. The lowest BCUT2D eigenvalue weighted by atomic mass is 9.78. The molecule has 1 aliphatic heterocycles. The number of phenols is 1. The SMILES string of the molecule is COc1cc([C@@H]2NC(=S)N[C@@](O)(C(F)(F)F)[C@@H]2C(=O)c2cccs2)ccc1O. The molecule has 3 atom stereocenters. The van der Waals surface area contributed by atoms with Gasteiger partial charge >= 0.3 is 6.18 Å². The largest absolute Gasteiger partial charge is 0.504 e. The number of hydrogen-bond donors (Lipinski definition) is 4. The summed E-state index contributed by atoms with van der Waals surface area (Å²) in [5.41, 5.74) is -3.41. The molecule has 0 amide bonds. The smallest absolute Gasteiger partial charge is 0.437 e. The zero-order valence-electron chi connectivity index (χ0n) is 14.3. The van der Waals surface area contributed by atoms with Crippen molar-refractivity contribution >= 4 is 34.5 Å². The minimum absolute atomic E-state index is 0.00150. The van der Waals surface area contributed by atoms with Crippen LogP contribution in [-0.4, -0.2) is 40.1 Å². The first kappa shape index (κ1) is 20.4. The minimum Gasteiger partial charge on any atom is -0.504 e. The van der Waals surface area contributed by atoms with Crippen molar-refractivity contribution in [3.05, 3.63) is 46.2 Å². The summed E-state index contributed by atoms with van der Waals surface area (Å²) in [6, 6.07) is 5.41. The van der Waals surface area contributed by atoms with Crippen LogP contribution in [0.2, 0.25) is 0 Å². The van der Waals surface area contributed by atoms with Gasteiger partial charge in [0, 0.05) is 0 Å². The molecule has 28 heavy (non-hydrogen) atoms. The molecule has 1 aromatic carbocycles. The van der Waals surface area contributed by atoms with E-state index in [0.29, 0.717) is 0 Å². The van der Waals surface area contributed by atoms with Gasteiger partial charge < -0.3 is 25.6 Å². The molecule has 1 aliphatic rings. The summed E-state index contributed by atoms with van der Waals surface area (Å²) in [6.07, 6.45) is -5.20. The number of hydrogen-bond acceptors (Lipinski definition) is 6. The number of nitrogens with one attached hydrogen (secondary N) is 2. The molecule has 150 valence electrons. The van der Waals surface area contributed by atoms with Crippen LogP contribution in [0.5, 0.6) is 11.5 Å². The maximum Gasteiger partial charge on any atom is 0.437 e. The van der Waals surface area contributed by atoms with E-state index in [4.69, 9.17) is 17.0 Å². The number of thiocarbonyl (C=S) groups is 1. The van der Waals surface area contributed by atoms with E-state index < -0.39 is 34.8 Å². The highest BCUT2D eigenvalue weighted by molar-refractivity contribution is 7.80. The summed E-state index contributed by atoms with van der Waals surface area (Å²) >= 11 is 5.82. The molecule has 0 aliphatic carbocycles. The lowest BCUT2D eigenvalue weighted by molar-refractivity contribution is -0.285. The third-order valence-electron chi connectivity index (χ3n) is 4.42. The zero-order chi connectivity index (χ0) is 20.7. The number of aliphatic hydroxyl groups is 1. The molecule has 2 aromatic rings. The van der Waals surface area contributed by atoms with E-state index in [2.05, 4.69) is 5.32 Å². The number of ether oxygens (including phenoxy) is 1. The molecule has 4 N–H and O–H groups in total. The number of rotatable bonds is 4. The van der Waals surface area contributed by atoms with Crippen LogP contribution in [-0.2, 0) is 0 Å². The summed E-state index contributed by atoms with van der Waals surface area (Å²) < 4.78 is 46.5. The molecule has 0 bridgehead atoms. The Morgan fingerprint density at radius 3 is 2.64 bits per heavy atom. The van der Waals surface area contributed by atoms with Crippen molar-refractivity contribution in [1.29, 1.82) is 0 Å². The molecule has 0 spiro atoms. The molecule has 2 heterocycles. The van der Waals surface area contributed by atoms with Crippen molar-refractivity contribution < 1.29 is 32.9 Å². The molecule has 0 unspecified atom stereocenters. The van der Waals surface area contributed by atoms with Crippen LogP contribution in [0.1, 0.15) is 21.3 Å². The monoisotopic (exact) mass is 432 g/mol. The summed E-state index contributed by atoms with van der Waals surface area (Å²) in [7, 11) is 1.28. The first-order valence-corrected chi connectivity index (χ1v) is 9.19. The Bertz CT molecular complexity index is 904. The Morgan fingerprint density at radius 2 is 2.07 bits per heavy atom. The normalized spacial score (nSPS) is 25.0. The number of aromatic hydroxyl groups is 1. The maximum absolute atomic E-state index is 13.8. The van der Waals surface area contributed by atoms with Crippen molar-refractivity contribution in [2.75, 3.05) is 7.11 Å². The molecule has 6 nitrogen and oxygen atoms in total. The van der Waals surface area contributed by atoms with E-state index in [1.54, 1.807) is 5.38 Å². The molecule has 1 saturated heterocycles. The highest BCUT2D eigenvalue weighted by Gasteiger charge is 2.65. The van der Waals surface area contributed by atoms with Crippen molar-refractivity contribution in [2.24, 2.45) is 5.92 Å². The van der Waals surface area contributed by atoms with E-state index in [-0.39, 0.29) is 21.9 Å². The van der Waals surface area contributed by atoms with Gasteiger partial charge in [-0.1, -0.05) is 12.1 Å². The van der Waals surface area contributed by atoms with Crippen LogP contribution >= 0.6 is 23.6 Å². The Labute approximate surface area is 166 Å². The molecule has 0 saturated carbocycles. The number of methoxy groups -OCH3 is 1. The number of ketones is 1. The second-order valence-corrected chi connectivity index (χ2v) is 7.45. The Morgan fingerprint density at radius 1 is 1.36 bits per heavy atom. The standard InChI is InChI=1S/C17H15F3N2O4S2/c1-26-10-7-8(4-5-9(10)23)13-12(14(24)11-3-2-6-28-11)16(25,17(18,19)20)22-15(27)21-13/h2-7,12-13,23,25H,1H3,(H2,21,22,27)/t12-,13-,16-/m0/s1. The fraction of sp³-hybridized carbons (Fsp3) is 0.294. The van der Waals surface area contributed by atoms with Crippen molar-refractivity contribution in [2.45, 2.75) is 17.9 Å². The minimum atomic E-state index is -5.20. The molecule has 3 rings (SSSR count). The Balaban J connectivity index is 2.17. The van der Waals surface area contributed by atoms with Crippen LogP contribution < -0.4 is 15.4 Å². The third-order valence-corrected chi connectivity index (χ3v) is 5.52. The molecular formula is C17H15F3N2O4S2. The van der Waals surface area contributed by atoms with Crippen LogP contribution in [0, 0.1) is 5.92 Å². The molecule has 1 aromatic heterocycles. The van der Waals surface area contributed by atoms with Crippen molar-refractivity contribution in [3.8, 4) is 11.5 Å². The van der Waals surface area contributed by atoms with Gasteiger partial charge in [-0.2, -0.15) is 13.2 Å². The van der Waals surface area contributed by atoms with Gasteiger partial charge in [0.25, 0.3) is 0 Å². The predicted molar refractivity (Wildman–Crippen MR) is 99.4 cm³/mol. The average Bonchev–Trinajstić information content (AvgIpc) is 3.15. The number of carbonyl (C=O) groups excluding carboxylic acids is 1. The number of phenolic OH excluding ortho intramolecular Hbond substituents is 1. The van der Waals surface area contributed by atoms with Gasteiger partial charge in [-0.3, -0.25) is 4.79 Å².